The van der Waals surface area contributed by atoms with Crippen molar-refractivity contribution >= 4 is 24.8 Å². The summed E-state index contributed by atoms with van der Waals surface area (Å²) in [4.78, 5) is 2.40. The van der Waals surface area contributed by atoms with Crippen LogP contribution in [-0.2, 0) is 10.3 Å². The first-order chi connectivity index (χ1) is 10.7. The molecule has 2 saturated heterocycles. The number of aliphatic hydroxyl groups is 1. The average Bonchev–Trinajstić information content (AvgIpc) is 2.57. The van der Waals surface area contributed by atoms with Crippen LogP contribution < -0.4 is 5.32 Å². The zero-order chi connectivity index (χ0) is 15.5. The Labute approximate surface area is 157 Å². The predicted molar refractivity (Wildman–Crippen MR) is 102 cm³/mol. The van der Waals surface area contributed by atoms with Crippen LogP contribution >= 0.6 is 24.8 Å². The van der Waals surface area contributed by atoms with Gasteiger partial charge in [0.2, 0.25) is 0 Å². The maximum atomic E-state index is 10.7. The maximum Gasteiger partial charge on any atom is 0.0951 e. The van der Waals surface area contributed by atoms with E-state index in [0.717, 1.165) is 58.4 Å². The number of rotatable bonds is 4. The van der Waals surface area contributed by atoms with Crippen molar-refractivity contribution in [3.05, 3.63) is 35.9 Å². The van der Waals surface area contributed by atoms with Crippen LogP contribution in [0.1, 0.15) is 31.2 Å². The van der Waals surface area contributed by atoms with Crippen LogP contribution in [0.5, 0.6) is 0 Å². The van der Waals surface area contributed by atoms with Crippen molar-refractivity contribution in [2.75, 3.05) is 39.8 Å². The van der Waals surface area contributed by atoms with Crippen LogP contribution in [0.4, 0.5) is 0 Å². The molecule has 0 bridgehead atoms. The Morgan fingerprint density at radius 2 is 1.79 bits per heavy atom. The SMILES string of the molecule is COC1(c2ccccc2)CCN(CC2(O)CCCNC2)CC1.Cl.Cl. The number of β-amino-alcohol motifs (C(OH)–C–C–N with tert-alkyl or cyclic N) is 1. The molecule has 1 atom stereocenters. The number of methoxy groups -OCH3 is 1. The highest BCUT2D eigenvalue weighted by Crippen LogP contribution is 2.36. The molecule has 138 valence electrons. The number of likely N-dealkylation sites (tertiary alicyclic amines) is 1. The van der Waals surface area contributed by atoms with Crippen LogP contribution in [0.2, 0.25) is 0 Å². The summed E-state index contributed by atoms with van der Waals surface area (Å²) in [5, 5.41) is 14.0. The summed E-state index contributed by atoms with van der Waals surface area (Å²) >= 11 is 0. The lowest BCUT2D eigenvalue weighted by atomic mass is 9.83. The van der Waals surface area contributed by atoms with Crippen molar-refractivity contribution in [3.63, 3.8) is 0 Å². The molecule has 4 nitrogen and oxygen atoms in total. The van der Waals surface area contributed by atoms with Gasteiger partial charge in [0.1, 0.15) is 0 Å². The highest BCUT2D eigenvalue weighted by Gasteiger charge is 2.39. The van der Waals surface area contributed by atoms with Gasteiger partial charge in [-0.2, -0.15) is 0 Å². The van der Waals surface area contributed by atoms with Gasteiger partial charge in [0.05, 0.1) is 11.2 Å². The molecule has 2 aliphatic heterocycles. The Morgan fingerprint density at radius 3 is 2.33 bits per heavy atom. The normalized spacial score (nSPS) is 26.9. The third-order valence-corrected chi connectivity index (χ3v) is 5.32. The number of benzene rings is 1. The van der Waals surface area contributed by atoms with E-state index in [4.69, 9.17) is 4.74 Å². The molecule has 1 aromatic rings. The fraction of sp³-hybridized carbons (Fsp3) is 0.667. The summed E-state index contributed by atoms with van der Waals surface area (Å²) in [5.41, 5.74) is 0.554. The van der Waals surface area contributed by atoms with Gasteiger partial charge in [-0.15, -0.1) is 24.8 Å². The monoisotopic (exact) mass is 376 g/mol. The molecule has 0 radical (unpaired) electrons. The van der Waals surface area contributed by atoms with Gasteiger partial charge in [0.15, 0.2) is 0 Å². The van der Waals surface area contributed by atoms with E-state index in [1.165, 1.54) is 5.56 Å². The second-order valence-electron chi connectivity index (χ2n) is 6.85. The lowest BCUT2D eigenvalue weighted by Crippen LogP contribution is -2.55. The minimum Gasteiger partial charge on any atom is -0.387 e. The number of piperidine rings is 2. The second-order valence-corrected chi connectivity index (χ2v) is 6.85. The third kappa shape index (κ3) is 4.84. The summed E-state index contributed by atoms with van der Waals surface area (Å²) in [6.45, 7) is 4.48. The molecule has 0 aliphatic carbocycles. The van der Waals surface area contributed by atoms with Crippen molar-refractivity contribution in [1.82, 2.24) is 10.2 Å². The van der Waals surface area contributed by atoms with E-state index in [1.807, 2.05) is 13.2 Å². The summed E-state index contributed by atoms with van der Waals surface area (Å²) < 4.78 is 5.93. The molecule has 2 fully saturated rings. The van der Waals surface area contributed by atoms with Gasteiger partial charge in [-0.05, 0) is 37.8 Å². The lowest BCUT2D eigenvalue weighted by molar-refractivity contribution is -0.0814. The molecule has 1 unspecified atom stereocenters. The van der Waals surface area contributed by atoms with Crippen LogP contribution in [0, 0.1) is 0 Å². The molecular formula is C18H30Cl2N2O2. The van der Waals surface area contributed by atoms with E-state index in [1.54, 1.807) is 0 Å². The number of nitrogens with one attached hydrogen (secondary N) is 1. The molecule has 3 rings (SSSR count). The van der Waals surface area contributed by atoms with Crippen molar-refractivity contribution in [2.45, 2.75) is 36.9 Å². The zero-order valence-corrected chi connectivity index (χ0v) is 16.0. The van der Waals surface area contributed by atoms with E-state index in [9.17, 15) is 5.11 Å². The summed E-state index contributed by atoms with van der Waals surface area (Å²) in [6.07, 6.45) is 3.94. The molecule has 2 N–H and O–H groups in total. The summed E-state index contributed by atoms with van der Waals surface area (Å²) in [6, 6.07) is 10.5. The van der Waals surface area contributed by atoms with Crippen molar-refractivity contribution in [2.24, 2.45) is 0 Å². The number of hydrogen-bond donors (Lipinski definition) is 2. The number of halogens is 2. The Balaban J connectivity index is 0.00000144. The first-order valence-electron chi connectivity index (χ1n) is 8.42. The Kier molecular flexibility index (Phi) is 8.46. The number of ether oxygens (including phenoxy) is 1. The fourth-order valence-corrected chi connectivity index (χ4v) is 3.93. The van der Waals surface area contributed by atoms with Crippen LogP contribution in [0.3, 0.4) is 0 Å². The predicted octanol–water partition coefficient (Wildman–Crippen LogP) is 2.58. The molecule has 0 saturated carbocycles. The fourth-order valence-electron chi connectivity index (χ4n) is 3.93. The zero-order valence-electron chi connectivity index (χ0n) is 14.4. The van der Waals surface area contributed by atoms with Crippen LogP contribution in [-0.4, -0.2) is 55.4 Å². The number of hydrogen-bond acceptors (Lipinski definition) is 4. The summed E-state index contributed by atoms with van der Waals surface area (Å²) in [5.74, 6) is 0. The third-order valence-electron chi connectivity index (χ3n) is 5.32. The highest BCUT2D eigenvalue weighted by molar-refractivity contribution is 5.85. The topological polar surface area (TPSA) is 44.7 Å². The molecule has 24 heavy (non-hydrogen) atoms. The molecule has 0 spiro atoms. The first kappa shape index (κ1) is 21.7. The number of nitrogens with zero attached hydrogens (tertiary/aromatic N) is 1. The van der Waals surface area contributed by atoms with E-state index in [-0.39, 0.29) is 30.4 Å². The van der Waals surface area contributed by atoms with E-state index >= 15 is 0 Å². The molecule has 2 heterocycles. The van der Waals surface area contributed by atoms with Crippen LogP contribution in [0.15, 0.2) is 30.3 Å². The van der Waals surface area contributed by atoms with Crippen molar-refractivity contribution in [3.8, 4) is 0 Å². The minimum atomic E-state index is -0.557. The van der Waals surface area contributed by atoms with E-state index in [0.29, 0.717) is 0 Å². The van der Waals surface area contributed by atoms with Gasteiger partial charge < -0.3 is 20.1 Å². The van der Waals surface area contributed by atoms with Gasteiger partial charge in [0, 0.05) is 33.3 Å². The van der Waals surface area contributed by atoms with Crippen molar-refractivity contribution in [1.29, 1.82) is 0 Å². The smallest absolute Gasteiger partial charge is 0.0951 e. The minimum absolute atomic E-state index is 0. The largest absolute Gasteiger partial charge is 0.387 e. The molecule has 6 heteroatoms. The molecule has 0 aromatic heterocycles. The molecule has 0 amide bonds. The lowest BCUT2D eigenvalue weighted by Gasteiger charge is -2.44. The van der Waals surface area contributed by atoms with Crippen molar-refractivity contribution < 1.29 is 9.84 Å². The Morgan fingerprint density at radius 1 is 1.12 bits per heavy atom. The van der Waals surface area contributed by atoms with Gasteiger partial charge in [-0.3, -0.25) is 0 Å². The molecule has 2 aliphatic rings. The quantitative estimate of drug-likeness (QED) is 0.847. The Bertz CT molecular complexity index is 473. The molecular weight excluding hydrogens is 347 g/mol. The van der Waals surface area contributed by atoms with E-state index in [2.05, 4.69) is 34.5 Å². The highest BCUT2D eigenvalue weighted by atomic mass is 35.5. The van der Waals surface area contributed by atoms with Gasteiger partial charge >= 0.3 is 0 Å². The second kappa shape index (κ2) is 9.37. The van der Waals surface area contributed by atoms with Gasteiger partial charge in [0.25, 0.3) is 0 Å². The first-order valence-corrected chi connectivity index (χ1v) is 8.42. The van der Waals surface area contributed by atoms with Gasteiger partial charge in [-0.25, -0.2) is 0 Å². The Hall–Kier alpha value is -0.360. The van der Waals surface area contributed by atoms with E-state index < -0.39 is 5.60 Å². The average molecular weight is 377 g/mol. The standard InChI is InChI=1S/C18H28N2O2.2ClH/c1-22-18(16-6-3-2-4-7-16)9-12-20(13-10-18)15-17(21)8-5-11-19-14-17;;/h2-4,6-7,19,21H,5,8-15H2,1H3;2*1H. The van der Waals surface area contributed by atoms with Gasteiger partial charge in [-0.1, -0.05) is 30.3 Å². The maximum absolute atomic E-state index is 10.7. The molecule has 1 aromatic carbocycles. The summed E-state index contributed by atoms with van der Waals surface area (Å²) in [7, 11) is 1.82. The van der Waals surface area contributed by atoms with Crippen LogP contribution in [0.25, 0.3) is 0 Å².